The Hall–Kier alpha value is -2.33. The number of hydrogen-bond donors (Lipinski definition) is 1. The van der Waals surface area contributed by atoms with Crippen LogP contribution < -0.4 is 0 Å². The fourth-order valence-corrected chi connectivity index (χ4v) is 2.36. The average Bonchev–Trinajstić information content (AvgIpc) is 2.90. The van der Waals surface area contributed by atoms with E-state index in [1.165, 1.54) is 0 Å². The number of nitrogens with zero attached hydrogens (tertiary/aromatic N) is 1. The molecule has 0 radical (unpaired) electrons. The van der Waals surface area contributed by atoms with Crippen LogP contribution in [0, 0.1) is 0 Å². The quantitative estimate of drug-likeness (QED) is 0.742. The van der Waals surface area contributed by atoms with Crippen LogP contribution in [0.3, 0.4) is 0 Å². The van der Waals surface area contributed by atoms with Gasteiger partial charge in [-0.1, -0.05) is 23.7 Å². The summed E-state index contributed by atoms with van der Waals surface area (Å²) >= 11 is 6.18. The topological polar surface area (TPSA) is 55.0 Å². The molecular weight excluding hydrogens is 288 g/mol. The summed E-state index contributed by atoms with van der Waals surface area (Å²) in [5.74, 6) is 0.338. The van der Waals surface area contributed by atoms with Crippen LogP contribution >= 0.6 is 11.6 Å². The second kappa shape index (κ2) is 5.58. The van der Waals surface area contributed by atoms with Crippen molar-refractivity contribution in [2.75, 3.05) is 6.61 Å². The van der Waals surface area contributed by atoms with Gasteiger partial charge in [-0.05, 0) is 37.3 Å². The molecule has 0 aliphatic rings. The molecule has 5 heteroatoms. The van der Waals surface area contributed by atoms with Crippen molar-refractivity contribution in [3.05, 3.63) is 53.1 Å². The Kier molecular flexibility index (Phi) is 3.62. The first-order valence-corrected chi connectivity index (χ1v) is 6.98. The number of H-pyrrole nitrogens is 1. The highest BCUT2D eigenvalue weighted by atomic mass is 35.5. The van der Waals surface area contributed by atoms with Crippen LogP contribution in [0.1, 0.15) is 17.3 Å². The smallest absolute Gasteiger partial charge is 0.338 e. The van der Waals surface area contributed by atoms with Gasteiger partial charge in [0.15, 0.2) is 0 Å². The third-order valence-corrected chi connectivity index (χ3v) is 3.45. The largest absolute Gasteiger partial charge is 0.462 e. The zero-order valence-corrected chi connectivity index (χ0v) is 12.1. The van der Waals surface area contributed by atoms with Crippen molar-refractivity contribution in [1.29, 1.82) is 0 Å². The average molecular weight is 301 g/mol. The molecule has 3 rings (SSSR count). The van der Waals surface area contributed by atoms with Gasteiger partial charge in [-0.2, -0.15) is 0 Å². The normalized spacial score (nSPS) is 10.8. The van der Waals surface area contributed by atoms with Crippen LogP contribution in [0.5, 0.6) is 0 Å². The number of nitrogens with one attached hydrogen (secondary N) is 1. The van der Waals surface area contributed by atoms with E-state index < -0.39 is 0 Å². The molecule has 0 aliphatic heterocycles. The lowest BCUT2D eigenvalue weighted by Gasteiger charge is -2.00. The number of hydrogen-bond acceptors (Lipinski definition) is 3. The Morgan fingerprint density at radius 3 is 2.86 bits per heavy atom. The third-order valence-electron chi connectivity index (χ3n) is 3.12. The van der Waals surface area contributed by atoms with Crippen LogP contribution in [0.4, 0.5) is 0 Å². The monoisotopic (exact) mass is 300 g/mol. The summed E-state index contributed by atoms with van der Waals surface area (Å²) in [5, 5.41) is 0.627. The van der Waals surface area contributed by atoms with Crippen molar-refractivity contribution in [1.82, 2.24) is 9.97 Å². The number of aromatic amines is 1. The number of fused-ring (bicyclic) bond motifs is 1. The molecule has 0 saturated carbocycles. The van der Waals surface area contributed by atoms with Crippen LogP contribution in [0.2, 0.25) is 5.02 Å². The minimum atomic E-state index is -0.340. The number of imidazole rings is 1. The molecular formula is C16H13ClN2O2. The van der Waals surface area contributed by atoms with Gasteiger partial charge in [0.2, 0.25) is 0 Å². The van der Waals surface area contributed by atoms with E-state index in [2.05, 4.69) is 9.97 Å². The maximum Gasteiger partial charge on any atom is 0.338 e. The van der Waals surface area contributed by atoms with E-state index in [0.29, 0.717) is 23.0 Å². The van der Waals surface area contributed by atoms with Gasteiger partial charge in [-0.3, -0.25) is 0 Å². The van der Waals surface area contributed by atoms with E-state index in [4.69, 9.17) is 16.3 Å². The summed E-state index contributed by atoms with van der Waals surface area (Å²) in [6.07, 6.45) is 0. The Bertz CT molecular complexity index is 811. The lowest BCUT2D eigenvalue weighted by atomic mass is 10.2. The molecule has 0 fully saturated rings. The molecule has 0 bridgehead atoms. The van der Waals surface area contributed by atoms with Crippen LogP contribution in [-0.4, -0.2) is 22.5 Å². The number of carbonyl (C=O) groups excluding carboxylic acids is 1. The zero-order valence-electron chi connectivity index (χ0n) is 11.4. The van der Waals surface area contributed by atoms with Crippen molar-refractivity contribution in [3.8, 4) is 11.4 Å². The van der Waals surface area contributed by atoms with Gasteiger partial charge < -0.3 is 9.72 Å². The van der Waals surface area contributed by atoms with Gasteiger partial charge in [0.05, 0.1) is 28.2 Å². The van der Waals surface area contributed by atoms with Gasteiger partial charge in [0.25, 0.3) is 0 Å². The summed E-state index contributed by atoms with van der Waals surface area (Å²) in [7, 11) is 0. The maximum absolute atomic E-state index is 11.7. The van der Waals surface area contributed by atoms with Crippen LogP contribution in [0.25, 0.3) is 22.4 Å². The van der Waals surface area contributed by atoms with E-state index in [0.717, 1.165) is 16.6 Å². The number of carbonyl (C=O) groups is 1. The molecule has 0 saturated heterocycles. The summed E-state index contributed by atoms with van der Waals surface area (Å²) in [6, 6.07) is 12.7. The first-order chi connectivity index (χ1) is 10.2. The van der Waals surface area contributed by atoms with Gasteiger partial charge in [0, 0.05) is 5.56 Å². The Balaban J connectivity index is 2.05. The first-order valence-electron chi connectivity index (χ1n) is 6.61. The molecule has 0 unspecified atom stereocenters. The number of benzene rings is 2. The van der Waals surface area contributed by atoms with Crippen molar-refractivity contribution < 1.29 is 9.53 Å². The highest BCUT2D eigenvalue weighted by Crippen LogP contribution is 2.27. The van der Waals surface area contributed by atoms with Gasteiger partial charge in [-0.15, -0.1) is 0 Å². The molecule has 4 nitrogen and oxygen atoms in total. The Morgan fingerprint density at radius 1 is 1.29 bits per heavy atom. The van der Waals surface area contributed by atoms with E-state index in [1.54, 1.807) is 25.1 Å². The highest BCUT2D eigenvalue weighted by molar-refractivity contribution is 6.33. The Labute approximate surface area is 126 Å². The van der Waals surface area contributed by atoms with Gasteiger partial charge >= 0.3 is 5.97 Å². The molecule has 0 atom stereocenters. The maximum atomic E-state index is 11.7. The minimum absolute atomic E-state index is 0.340. The fraction of sp³-hybridized carbons (Fsp3) is 0.125. The second-order valence-corrected chi connectivity index (χ2v) is 4.92. The van der Waals surface area contributed by atoms with E-state index in [9.17, 15) is 4.79 Å². The van der Waals surface area contributed by atoms with Crippen LogP contribution in [-0.2, 0) is 4.74 Å². The van der Waals surface area contributed by atoms with Crippen molar-refractivity contribution in [2.45, 2.75) is 6.92 Å². The van der Waals surface area contributed by atoms with Gasteiger partial charge in [-0.25, -0.2) is 9.78 Å². The molecule has 1 heterocycles. The molecule has 0 spiro atoms. The van der Waals surface area contributed by atoms with Crippen molar-refractivity contribution in [2.24, 2.45) is 0 Å². The molecule has 3 aromatic rings. The van der Waals surface area contributed by atoms with Crippen molar-refractivity contribution >= 4 is 28.6 Å². The highest BCUT2D eigenvalue weighted by Gasteiger charge is 2.11. The molecule has 0 amide bonds. The van der Waals surface area contributed by atoms with E-state index >= 15 is 0 Å². The van der Waals surface area contributed by atoms with Crippen molar-refractivity contribution in [3.63, 3.8) is 0 Å². The molecule has 0 aliphatic carbocycles. The summed E-state index contributed by atoms with van der Waals surface area (Å²) in [6.45, 7) is 2.13. The molecule has 106 valence electrons. The molecule has 21 heavy (non-hydrogen) atoms. The minimum Gasteiger partial charge on any atom is -0.462 e. The second-order valence-electron chi connectivity index (χ2n) is 4.52. The summed E-state index contributed by atoms with van der Waals surface area (Å²) in [4.78, 5) is 19.4. The van der Waals surface area contributed by atoms with Crippen LogP contribution in [0.15, 0.2) is 42.5 Å². The lowest BCUT2D eigenvalue weighted by molar-refractivity contribution is 0.0526. The zero-order chi connectivity index (χ0) is 14.8. The standard InChI is InChI=1S/C16H13ClN2O2/c1-2-21-16(20)10-7-8-13-14(9-10)19-15(18-13)11-5-3-4-6-12(11)17/h3-9H,2H2,1H3,(H,18,19). The summed E-state index contributed by atoms with van der Waals surface area (Å²) in [5.41, 5.74) is 2.88. The molecule has 1 N–H and O–H groups in total. The summed E-state index contributed by atoms with van der Waals surface area (Å²) < 4.78 is 4.99. The number of rotatable bonds is 3. The predicted molar refractivity (Wildman–Crippen MR) is 82.5 cm³/mol. The SMILES string of the molecule is CCOC(=O)c1ccc2nc(-c3ccccc3Cl)[nH]c2c1. The lowest BCUT2D eigenvalue weighted by Crippen LogP contribution is -2.04. The molecule has 1 aromatic heterocycles. The van der Waals surface area contributed by atoms with E-state index in [1.807, 2.05) is 24.3 Å². The molecule has 2 aromatic carbocycles. The third kappa shape index (κ3) is 2.62. The number of esters is 1. The number of halogens is 1. The fourth-order valence-electron chi connectivity index (χ4n) is 2.13. The first kappa shape index (κ1) is 13.6. The predicted octanol–water partition coefficient (Wildman–Crippen LogP) is 4.06. The van der Waals surface area contributed by atoms with E-state index in [-0.39, 0.29) is 5.97 Å². The number of aromatic nitrogens is 2. The number of ether oxygens (including phenoxy) is 1. The van der Waals surface area contributed by atoms with Gasteiger partial charge in [0.1, 0.15) is 5.82 Å². The Morgan fingerprint density at radius 2 is 2.10 bits per heavy atom.